The number of thiophene rings is 1. The first-order valence-corrected chi connectivity index (χ1v) is 10.7. The van der Waals surface area contributed by atoms with E-state index in [0.717, 1.165) is 27.9 Å². The normalized spacial score (nSPS) is 25.1. The molecule has 4 atom stereocenters. The summed E-state index contributed by atoms with van der Waals surface area (Å²) in [5.74, 6) is -0.118. The highest BCUT2D eigenvalue weighted by atomic mass is 79.9. The molecule has 27 heavy (non-hydrogen) atoms. The fraction of sp³-hybridized carbons (Fsp3) is 0.632. The fourth-order valence-electron chi connectivity index (χ4n) is 3.95. The molecule has 2 heterocycles. The van der Waals surface area contributed by atoms with Gasteiger partial charge in [0.25, 0.3) is 0 Å². The average molecular weight is 454 g/mol. The number of ether oxygens (including phenoxy) is 1. The molecule has 146 valence electrons. The van der Waals surface area contributed by atoms with Gasteiger partial charge >= 0.3 is 6.09 Å². The molecule has 6 nitrogen and oxygen atoms in total. The van der Waals surface area contributed by atoms with Crippen LogP contribution in [0.15, 0.2) is 15.9 Å². The smallest absolute Gasteiger partial charge is 0.411 e. The molecule has 0 spiro atoms. The van der Waals surface area contributed by atoms with Crippen molar-refractivity contribution in [3.05, 3.63) is 20.8 Å². The minimum Gasteiger partial charge on any atom is -0.444 e. The molecule has 3 rings (SSSR count). The molecule has 0 unspecified atom stereocenters. The number of rotatable bonds is 4. The SMILES string of the molecule is CC(C)(C)OC(=O)N1[C@@H]2CC[C@@H](C2)[C@H]1C(=O)N[C@H](C#N)Cc1ccc(Br)s1. The van der Waals surface area contributed by atoms with Crippen LogP contribution in [0.5, 0.6) is 0 Å². The van der Waals surface area contributed by atoms with Gasteiger partial charge in [-0.25, -0.2) is 4.79 Å². The molecular formula is C19H24BrN3O3S. The van der Waals surface area contributed by atoms with Crippen molar-refractivity contribution in [2.24, 2.45) is 5.92 Å². The Morgan fingerprint density at radius 1 is 1.44 bits per heavy atom. The van der Waals surface area contributed by atoms with Gasteiger partial charge in [0.2, 0.25) is 5.91 Å². The summed E-state index contributed by atoms with van der Waals surface area (Å²) in [5.41, 5.74) is -0.609. The number of fused-ring (bicyclic) bond motifs is 2. The molecular weight excluding hydrogens is 430 g/mol. The third-order valence-corrected chi connectivity index (χ3v) is 6.61. The van der Waals surface area contributed by atoms with Crippen LogP contribution in [0.4, 0.5) is 4.79 Å². The van der Waals surface area contributed by atoms with Gasteiger partial charge in [0.1, 0.15) is 17.7 Å². The molecule has 1 aliphatic carbocycles. The van der Waals surface area contributed by atoms with Crippen LogP contribution in [-0.2, 0) is 16.0 Å². The average Bonchev–Trinajstić information content (AvgIpc) is 3.27. The maximum atomic E-state index is 13.0. The van der Waals surface area contributed by atoms with Crippen LogP contribution in [0.1, 0.15) is 44.9 Å². The first-order chi connectivity index (χ1) is 12.7. The quantitative estimate of drug-likeness (QED) is 0.750. The Morgan fingerprint density at radius 3 is 2.78 bits per heavy atom. The molecule has 2 aliphatic rings. The van der Waals surface area contributed by atoms with E-state index in [0.29, 0.717) is 6.42 Å². The van der Waals surface area contributed by atoms with Gasteiger partial charge in [0, 0.05) is 17.3 Å². The first-order valence-electron chi connectivity index (χ1n) is 9.13. The molecule has 1 saturated heterocycles. The summed E-state index contributed by atoms with van der Waals surface area (Å²) in [6, 6.07) is 4.91. The van der Waals surface area contributed by atoms with Gasteiger partial charge in [-0.15, -0.1) is 11.3 Å². The van der Waals surface area contributed by atoms with E-state index in [1.54, 1.807) is 16.2 Å². The predicted molar refractivity (Wildman–Crippen MR) is 106 cm³/mol. The zero-order valence-corrected chi connectivity index (χ0v) is 18.1. The monoisotopic (exact) mass is 453 g/mol. The Bertz CT molecular complexity index is 767. The van der Waals surface area contributed by atoms with Crippen molar-refractivity contribution in [3.63, 3.8) is 0 Å². The van der Waals surface area contributed by atoms with Gasteiger partial charge in [-0.1, -0.05) is 0 Å². The van der Waals surface area contributed by atoms with E-state index in [4.69, 9.17) is 4.74 Å². The van der Waals surface area contributed by atoms with Gasteiger partial charge in [-0.2, -0.15) is 5.26 Å². The van der Waals surface area contributed by atoms with Crippen molar-refractivity contribution in [2.45, 2.75) is 70.2 Å². The lowest BCUT2D eigenvalue weighted by Crippen LogP contribution is -2.55. The molecule has 1 saturated carbocycles. The topological polar surface area (TPSA) is 82.4 Å². The third-order valence-electron chi connectivity index (χ3n) is 4.96. The van der Waals surface area contributed by atoms with E-state index >= 15 is 0 Å². The number of hydrogen-bond donors (Lipinski definition) is 1. The van der Waals surface area contributed by atoms with E-state index in [9.17, 15) is 14.9 Å². The van der Waals surface area contributed by atoms with Crippen LogP contribution in [-0.4, -0.2) is 40.6 Å². The van der Waals surface area contributed by atoms with Crippen LogP contribution >= 0.6 is 27.3 Å². The number of nitrogens with zero attached hydrogens (tertiary/aromatic N) is 2. The molecule has 2 bridgehead atoms. The van der Waals surface area contributed by atoms with Gasteiger partial charge in [0.05, 0.1) is 9.86 Å². The van der Waals surface area contributed by atoms with Gasteiger partial charge in [-0.3, -0.25) is 9.69 Å². The number of likely N-dealkylation sites (tertiary alicyclic amines) is 1. The highest BCUT2D eigenvalue weighted by Crippen LogP contribution is 2.43. The minimum absolute atomic E-state index is 0.0504. The fourth-order valence-corrected chi connectivity index (χ4v) is 5.48. The van der Waals surface area contributed by atoms with E-state index in [-0.39, 0.29) is 17.9 Å². The standard InChI is InChI=1S/C19H24BrN3O3S/c1-19(2,3)26-18(25)23-13-5-4-11(8-13)16(23)17(24)22-12(10-21)9-14-6-7-15(20)27-14/h6-7,11-13,16H,4-5,8-9H2,1-3H3,(H,22,24)/t11-,12-,13+,16-/m0/s1. The molecule has 1 aliphatic heterocycles. The van der Waals surface area contributed by atoms with E-state index in [1.165, 1.54) is 0 Å². The number of piperidine rings is 1. The van der Waals surface area contributed by atoms with Crippen molar-refractivity contribution >= 4 is 39.3 Å². The number of nitriles is 1. The summed E-state index contributed by atoms with van der Waals surface area (Å²) in [6.45, 7) is 5.46. The van der Waals surface area contributed by atoms with Crippen LogP contribution in [0, 0.1) is 17.2 Å². The Morgan fingerprint density at radius 2 is 2.19 bits per heavy atom. The second-order valence-electron chi connectivity index (χ2n) is 8.16. The molecule has 2 fully saturated rings. The maximum Gasteiger partial charge on any atom is 0.411 e. The second kappa shape index (κ2) is 7.80. The van der Waals surface area contributed by atoms with Gasteiger partial charge < -0.3 is 10.1 Å². The lowest BCUT2D eigenvalue weighted by atomic mass is 9.97. The van der Waals surface area contributed by atoms with Crippen molar-refractivity contribution < 1.29 is 14.3 Å². The van der Waals surface area contributed by atoms with Crippen molar-refractivity contribution in [1.82, 2.24) is 10.2 Å². The largest absolute Gasteiger partial charge is 0.444 e. The number of nitrogens with one attached hydrogen (secondary N) is 1. The van der Waals surface area contributed by atoms with E-state index in [1.807, 2.05) is 32.9 Å². The molecule has 0 aromatic carbocycles. The summed E-state index contributed by atoms with van der Waals surface area (Å²) in [7, 11) is 0. The van der Waals surface area contributed by atoms with Crippen molar-refractivity contribution in [1.29, 1.82) is 5.26 Å². The van der Waals surface area contributed by atoms with E-state index in [2.05, 4.69) is 27.3 Å². The van der Waals surface area contributed by atoms with Crippen LogP contribution in [0.3, 0.4) is 0 Å². The number of hydrogen-bond acceptors (Lipinski definition) is 5. The van der Waals surface area contributed by atoms with Crippen LogP contribution in [0.25, 0.3) is 0 Å². The number of carbonyl (C=O) groups is 2. The Kier molecular flexibility index (Phi) is 5.82. The lowest BCUT2D eigenvalue weighted by molar-refractivity contribution is -0.128. The molecule has 1 aromatic rings. The third kappa shape index (κ3) is 4.64. The van der Waals surface area contributed by atoms with Crippen molar-refractivity contribution in [3.8, 4) is 6.07 Å². The Labute approximate surface area is 172 Å². The van der Waals surface area contributed by atoms with Crippen LogP contribution in [0.2, 0.25) is 0 Å². The lowest BCUT2D eigenvalue weighted by Gasteiger charge is -2.35. The summed E-state index contributed by atoms with van der Waals surface area (Å²) in [4.78, 5) is 28.3. The summed E-state index contributed by atoms with van der Waals surface area (Å²) in [5, 5.41) is 12.3. The minimum atomic E-state index is -0.623. The molecule has 8 heteroatoms. The zero-order chi connectivity index (χ0) is 19.8. The summed E-state index contributed by atoms with van der Waals surface area (Å²) in [6.07, 6.45) is 2.67. The Balaban J connectivity index is 1.69. The zero-order valence-electron chi connectivity index (χ0n) is 15.7. The van der Waals surface area contributed by atoms with Gasteiger partial charge in [0.15, 0.2) is 0 Å². The van der Waals surface area contributed by atoms with Crippen molar-refractivity contribution in [2.75, 3.05) is 0 Å². The summed E-state index contributed by atoms with van der Waals surface area (Å²) >= 11 is 4.95. The molecule has 0 radical (unpaired) electrons. The first kappa shape index (κ1) is 20.2. The number of amides is 2. The molecule has 1 N–H and O–H groups in total. The Hall–Kier alpha value is -1.59. The second-order valence-corrected chi connectivity index (χ2v) is 10.7. The maximum absolute atomic E-state index is 13.0. The molecule has 2 amide bonds. The highest BCUT2D eigenvalue weighted by Gasteiger charge is 2.52. The number of carbonyl (C=O) groups excluding carboxylic acids is 2. The van der Waals surface area contributed by atoms with Crippen LogP contribution < -0.4 is 5.32 Å². The summed E-state index contributed by atoms with van der Waals surface area (Å²) < 4.78 is 6.51. The predicted octanol–water partition coefficient (Wildman–Crippen LogP) is 3.85. The van der Waals surface area contributed by atoms with E-state index < -0.39 is 23.8 Å². The number of halogens is 1. The van der Waals surface area contributed by atoms with Gasteiger partial charge in [-0.05, 0) is 74.0 Å². The molecule has 1 aromatic heterocycles. The highest BCUT2D eigenvalue weighted by molar-refractivity contribution is 9.11.